The number of nitrogens with zero attached hydrogens (tertiary/aromatic N) is 8. The molecular formula is C96H100Cl4F4N18O14. The van der Waals surface area contributed by atoms with Crippen molar-refractivity contribution in [2.24, 2.45) is 17.6 Å². The van der Waals surface area contributed by atoms with E-state index in [2.05, 4.69) is 71.4 Å². The highest BCUT2D eigenvalue weighted by atomic mass is 35.5. The van der Waals surface area contributed by atoms with E-state index in [0.717, 1.165) is 63.1 Å². The standard InChI is InChI=1S/C25H26ClFN4O4.C24H27ClFN5O3.C24H24ClFN4O4.C23H23ClFN5O3/c1-2-35-25(34)16-4-3-9-31(14-16)24(33)20(10-15-5-7-18(27)8-6-15)30-23(32)19-11-17-12-22(26)28-13-21(17)29-19;25-22-14-17-13-20(29-21(17)15-28-22)24(33)30-19(12-16-2-4-18(26)5-3-16)23(32)27-6-1-7-31-8-10-34-11-9-31;1-34-24(33)20-4-2-3-9-30(20)23(32)18(10-14-5-7-16(26)8-6-14)29-22(31)17-11-15-12-21(25)27-13-19(15)28-17;24-20-10-15-9-17(28-19(15)11-27-20)22(32)29-18(8-13-3-5-16(25)6-4-13)23(33)30-7-1-2-14(12-30)21(26)31/h5-8,11-13,16,20,29H,2-4,9-10,14H2,1H3,(H,30,32);2-5,13-15,19,29H,1,6-12H2,(H,27,32)(H,30,33);5-8,11-13,18,20,28H,2-4,9-10H2,1H3,(H,29,31);3-6,9-11,14,18,28H,1-2,7-8,12H2,(H2,26,31)(H,29,32)/t16?,20-;19-;18-,20?;14?,18-/m0000/s1. The van der Waals surface area contributed by atoms with Crippen LogP contribution >= 0.6 is 46.4 Å². The molecule has 8 aromatic heterocycles. The second-order valence-electron chi connectivity index (χ2n) is 33.1. The number of primary amides is 1. The number of nitrogens with two attached hydrogens (primary N) is 1. The van der Waals surface area contributed by atoms with E-state index >= 15 is 0 Å². The normalized spacial score (nSPS) is 16.4. The number of nitrogens with one attached hydrogen (secondary N) is 9. The molecule has 9 amide bonds. The van der Waals surface area contributed by atoms with Gasteiger partial charge in [-0.3, -0.25) is 52.8 Å². The van der Waals surface area contributed by atoms with Crippen molar-refractivity contribution in [2.75, 3.05) is 85.8 Å². The smallest absolute Gasteiger partial charge is 0.328 e. The van der Waals surface area contributed by atoms with Crippen molar-refractivity contribution in [1.29, 1.82) is 0 Å². The van der Waals surface area contributed by atoms with Gasteiger partial charge in [0, 0.05) is 99.6 Å². The number of halogens is 8. The lowest BCUT2D eigenvalue weighted by Crippen LogP contribution is -2.56. The van der Waals surface area contributed by atoms with Crippen LogP contribution in [0.3, 0.4) is 0 Å². The Morgan fingerprint density at radius 2 is 0.801 bits per heavy atom. The van der Waals surface area contributed by atoms with Gasteiger partial charge >= 0.3 is 11.9 Å². The van der Waals surface area contributed by atoms with E-state index in [1.54, 1.807) is 120 Å². The van der Waals surface area contributed by atoms with Crippen molar-refractivity contribution in [3.05, 3.63) is 259 Å². The Kier molecular flexibility index (Phi) is 35.1. The second-order valence-corrected chi connectivity index (χ2v) is 34.7. The summed E-state index contributed by atoms with van der Waals surface area (Å²) in [6, 6.07) is 31.9. The summed E-state index contributed by atoms with van der Waals surface area (Å²) in [6.07, 6.45) is 12.2. The molecule has 0 radical (unpaired) electrons. The number of hydrogen-bond acceptors (Lipinski definition) is 19. The Morgan fingerprint density at radius 1 is 0.449 bits per heavy atom. The fraction of sp³-hybridized carbons (Fsp3) is 0.344. The van der Waals surface area contributed by atoms with E-state index in [0.29, 0.717) is 140 Å². The average Bonchev–Trinajstić information content (AvgIpc) is 1.07. The third-order valence-electron chi connectivity index (χ3n) is 23.5. The molecule has 4 aliphatic heterocycles. The number of morpholine rings is 1. The predicted molar refractivity (Wildman–Crippen MR) is 501 cm³/mol. The Bertz CT molecular complexity index is 6270. The van der Waals surface area contributed by atoms with Gasteiger partial charge in [0.2, 0.25) is 29.5 Å². The van der Waals surface area contributed by atoms with Gasteiger partial charge in [-0.1, -0.05) is 94.9 Å². The minimum atomic E-state index is -0.976. The largest absolute Gasteiger partial charge is 0.467 e. The summed E-state index contributed by atoms with van der Waals surface area (Å²) >= 11 is 23.7. The van der Waals surface area contributed by atoms with Crippen molar-refractivity contribution in [3.8, 4) is 0 Å². The van der Waals surface area contributed by atoms with Crippen molar-refractivity contribution >= 4 is 155 Å². The molecule has 4 saturated heterocycles. The summed E-state index contributed by atoms with van der Waals surface area (Å²) in [6.45, 7) is 8.37. The summed E-state index contributed by atoms with van der Waals surface area (Å²) < 4.78 is 68.9. The van der Waals surface area contributed by atoms with Crippen LogP contribution in [0.2, 0.25) is 20.6 Å². The summed E-state index contributed by atoms with van der Waals surface area (Å²) in [7, 11) is 1.29. The van der Waals surface area contributed by atoms with E-state index in [-0.39, 0.29) is 97.8 Å². The fourth-order valence-electron chi connectivity index (χ4n) is 16.4. The molecule has 0 bridgehead atoms. The molecule has 3 unspecified atom stereocenters. The molecule has 4 aliphatic rings. The zero-order valence-electron chi connectivity index (χ0n) is 74.1. The zero-order chi connectivity index (χ0) is 96.6. The van der Waals surface area contributed by atoms with Gasteiger partial charge in [0.1, 0.15) is 96.9 Å². The lowest BCUT2D eigenvalue weighted by molar-refractivity contribution is -0.155. The number of rotatable bonds is 28. The number of fused-ring (bicyclic) bond motifs is 4. The van der Waals surface area contributed by atoms with Gasteiger partial charge in [-0.15, -0.1) is 0 Å². The molecule has 16 rings (SSSR count). The van der Waals surface area contributed by atoms with Gasteiger partial charge < -0.3 is 81.2 Å². The van der Waals surface area contributed by atoms with Gasteiger partial charge in [0.05, 0.1) is 85.6 Å². The lowest BCUT2D eigenvalue weighted by atomic mass is 9.96. The molecule has 4 fully saturated rings. The van der Waals surface area contributed by atoms with Crippen molar-refractivity contribution in [3.63, 3.8) is 0 Å². The van der Waals surface area contributed by atoms with Crippen LogP contribution in [0.1, 0.15) is 122 Å². The third-order valence-corrected chi connectivity index (χ3v) is 24.3. The molecule has 0 spiro atoms. The molecule has 714 valence electrons. The molecular weight excluding hydrogens is 1850 g/mol. The monoisotopic (exact) mass is 1940 g/mol. The van der Waals surface area contributed by atoms with Crippen LogP contribution in [-0.4, -0.2) is 241 Å². The second kappa shape index (κ2) is 47.7. The Morgan fingerprint density at radius 3 is 1.17 bits per heavy atom. The van der Waals surface area contributed by atoms with Crippen LogP contribution in [0.5, 0.6) is 0 Å². The molecule has 32 nitrogen and oxygen atoms in total. The van der Waals surface area contributed by atoms with Gasteiger partial charge in [0.15, 0.2) is 0 Å². The van der Waals surface area contributed by atoms with E-state index in [9.17, 15) is 70.3 Å². The number of H-pyrrole nitrogens is 4. The first kappa shape index (κ1) is 100. The van der Waals surface area contributed by atoms with Crippen molar-refractivity contribution in [1.82, 2.24) is 86.1 Å². The van der Waals surface area contributed by atoms with Crippen LogP contribution in [0.4, 0.5) is 17.6 Å². The topological polar surface area (TPSA) is 429 Å². The van der Waals surface area contributed by atoms with Crippen LogP contribution in [-0.2, 0) is 73.5 Å². The number of amides is 9. The number of methoxy groups -OCH3 is 1. The molecule has 7 atom stereocenters. The van der Waals surface area contributed by atoms with Crippen molar-refractivity contribution < 1.29 is 84.5 Å². The number of hydrogen-bond donors (Lipinski definition) is 10. The number of pyridine rings is 4. The quantitative estimate of drug-likeness (QED) is 0.00942. The molecule has 0 aliphatic carbocycles. The number of piperidine rings is 3. The first-order valence-corrected chi connectivity index (χ1v) is 45.8. The number of aromatic amines is 4. The number of aromatic nitrogens is 8. The van der Waals surface area contributed by atoms with Crippen LogP contribution in [0.15, 0.2) is 170 Å². The zero-order valence-corrected chi connectivity index (χ0v) is 77.1. The molecule has 11 N–H and O–H groups in total. The molecule has 12 heterocycles. The molecule has 136 heavy (non-hydrogen) atoms. The molecule has 0 saturated carbocycles. The first-order valence-electron chi connectivity index (χ1n) is 44.2. The molecule has 40 heteroatoms. The summed E-state index contributed by atoms with van der Waals surface area (Å²) in [5.41, 5.74) is 11.8. The lowest BCUT2D eigenvalue weighted by Gasteiger charge is -2.36. The third kappa shape index (κ3) is 27.7. The maximum absolute atomic E-state index is 13.6. The van der Waals surface area contributed by atoms with Crippen LogP contribution in [0, 0.1) is 35.1 Å². The minimum Gasteiger partial charge on any atom is -0.467 e. The highest BCUT2D eigenvalue weighted by molar-refractivity contribution is 6.31. The summed E-state index contributed by atoms with van der Waals surface area (Å²) in [5, 5.41) is 18.2. The number of ether oxygens (including phenoxy) is 3. The number of carbonyl (C=O) groups excluding carboxylic acids is 11. The fourth-order valence-corrected chi connectivity index (χ4v) is 17.1. The van der Waals surface area contributed by atoms with Gasteiger partial charge in [0.25, 0.3) is 23.6 Å². The average molecular weight is 1950 g/mol. The van der Waals surface area contributed by atoms with Gasteiger partial charge in [-0.2, -0.15) is 0 Å². The number of benzene rings is 4. The predicted octanol–water partition coefficient (Wildman–Crippen LogP) is 11.7. The highest BCUT2D eigenvalue weighted by Gasteiger charge is 2.39. The van der Waals surface area contributed by atoms with E-state index in [4.69, 9.17) is 66.3 Å². The van der Waals surface area contributed by atoms with E-state index in [1.165, 1.54) is 79.1 Å². The number of carbonyl (C=O) groups is 11. The Labute approximate surface area is 797 Å². The Balaban J connectivity index is 0.000000153. The van der Waals surface area contributed by atoms with Crippen LogP contribution < -0.4 is 32.3 Å². The molecule has 12 aromatic rings. The molecule has 4 aromatic carbocycles. The number of likely N-dealkylation sites (tertiary alicyclic amines) is 3. The summed E-state index contributed by atoms with van der Waals surface area (Å²) in [4.78, 5) is 177. The maximum atomic E-state index is 13.6. The maximum Gasteiger partial charge on any atom is 0.328 e. The van der Waals surface area contributed by atoms with Gasteiger partial charge in [-0.25, -0.2) is 42.3 Å². The van der Waals surface area contributed by atoms with Gasteiger partial charge in [-0.05, 0) is 184 Å². The number of esters is 2. The SMILES string of the molecule is CCOC(=O)C1CCCN(C(=O)[C@H](Cc2ccc(F)cc2)NC(=O)c2cc3cc(Cl)ncc3[nH]2)C1.COC(=O)C1CCCCN1C(=O)[C@H](Cc1ccc(F)cc1)NC(=O)c1cc2cc(Cl)ncc2[nH]1.NC(=O)C1CCCN(C(=O)[C@H](Cc2ccc(F)cc2)NC(=O)c2cc3cc(Cl)ncc3[nH]2)C1.O=C(N[C@@H](Cc1ccc(F)cc1)C(=O)NCCCN1CCOCC1)c1cc2cc(Cl)ncc2[nH]1. The Hall–Kier alpha value is -13.4. The first-order chi connectivity index (χ1) is 65.5. The highest BCUT2D eigenvalue weighted by Crippen LogP contribution is 2.28. The summed E-state index contributed by atoms with van der Waals surface area (Å²) in [5.74, 6) is -6.82. The minimum absolute atomic E-state index is 0.128. The van der Waals surface area contributed by atoms with E-state index < -0.39 is 95.1 Å². The van der Waals surface area contributed by atoms with Crippen molar-refractivity contribution in [2.45, 2.75) is 114 Å². The van der Waals surface area contributed by atoms with E-state index in [1.807, 2.05) is 0 Å². The van der Waals surface area contributed by atoms with Crippen LogP contribution in [0.25, 0.3) is 43.6 Å².